The molecule has 0 bridgehead atoms. The first-order chi connectivity index (χ1) is 11.0. The van der Waals surface area contributed by atoms with Crippen molar-refractivity contribution in [2.24, 2.45) is 0 Å². The third kappa shape index (κ3) is 11.6. The van der Waals surface area contributed by atoms with E-state index in [1.165, 1.54) is 21.7 Å². The van der Waals surface area contributed by atoms with Crippen LogP contribution in [0.1, 0.15) is 53.4 Å². The van der Waals surface area contributed by atoms with Crippen LogP contribution in [-0.4, -0.2) is 52.3 Å². The number of hydrogen-bond donors (Lipinski definition) is 0. The van der Waals surface area contributed by atoms with Gasteiger partial charge in [-0.3, -0.25) is 0 Å². The van der Waals surface area contributed by atoms with Gasteiger partial charge in [0.05, 0.1) is 0 Å². The van der Waals surface area contributed by atoms with E-state index in [9.17, 15) is 9.59 Å². The van der Waals surface area contributed by atoms with Crippen molar-refractivity contribution in [1.82, 2.24) is 0 Å². The molecule has 0 spiro atoms. The van der Waals surface area contributed by atoms with Gasteiger partial charge in [-0.05, 0) is 0 Å². The fraction of sp³-hybridized carbons (Fsp3) is 0.875. The first-order valence-corrected chi connectivity index (χ1v) is 21.6. The Balaban J connectivity index is 4.83. The van der Waals surface area contributed by atoms with Gasteiger partial charge >= 0.3 is 151 Å². The van der Waals surface area contributed by atoms with E-state index >= 15 is 0 Å². The molecule has 136 valence electrons. The van der Waals surface area contributed by atoms with Crippen molar-refractivity contribution in [2.75, 3.05) is 24.7 Å². The molecule has 0 saturated carbocycles. The summed E-state index contributed by atoms with van der Waals surface area (Å²) in [5, 5.41) is 0. The molecular weight excluding hydrogens is 439 g/mol. The normalized spacial score (nSPS) is 11.3. The van der Waals surface area contributed by atoms with Gasteiger partial charge in [0, 0.05) is 0 Å². The van der Waals surface area contributed by atoms with E-state index in [4.69, 9.17) is 9.47 Å². The molecule has 4 nitrogen and oxygen atoms in total. The van der Waals surface area contributed by atoms with E-state index in [-0.39, 0.29) is 11.9 Å². The minimum absolute atomic E-state index is 0.122. The molecular formula is C16H32O4S2Sn. The maximum absolute atomic E-state index is 11.8. The number of hydrogen-bond acceptors (Lipinski definition) is 6. The van der Waals surface area contributed by atoms with Crippen LogP contribution in [0.25, 0.3) is 0 Å². The summed E-state index contributed by atoms with van der Waals surface area (Å²) in [4.78, 5) is 23.5. The molecule has 0 aromatic carbocycles. The summed E-state index contributed by atoms with van der Waals surface area (Å²) in [6, 6.07) is 0. The molecule has 0 N–H and O–H groups in total. The van der Waals surface area contributed by atoms with Crippen molar-refractivity contribution in [3.63, 3.8) is 0 Å². The molecule has 0 atom stereocenters. The molecule has 23 heavy (non-hydrogen) atoms. The number of ether oxygens (including phenoxy) is 2. The standard InChI is InChI=1S/2C4H8O2S.2C4H9.Sn/c2*1-2-6-4(5)3-7;2*1-3-4-2;/h2*7H,2-3H2,1H3;2*1,3-4H2,2H3;/q;;;;+2/p-2. The molecule has 0 heterocycles. The van der Waals surface area contributed by atoms with E-state index in [1.54, 1.807) is 0 Å². The second-order valence-electron chi connectivity index (χ2n) is 5.31. The van der Waals surface area contributed by atoms with Crippen LogP contribution in [0.4, 0.5) is 0 Å². The summed E-state index contributed by atoms with van der Waals surface area (Å²) in [5.41, 5.74) is 0. The van der Waals surface area contributed by atoms with Gasteiger partial charge < -0.3 is 0 Å². The average Bonchev–Trinajstić information content (AvgIpc) is 2.54. The van der Waals surface area contributed by atoms with Crippen LogP contribution in [0.2, 0.25) is 8.87 Å². The Morgan fingerprint density at radius 3 is 1.48 bits per heavy atom. The quantitative estimate of drug-likeness (QED) is 0.272. The molecule has 0 aliphatic heterocycles. The Morgan fingerprint density at radius 2 is 1.17 bits per heavy atom. The Labute approximate surface area is 151 Å². The van der Waals surface area contributed by atoms with Gasteiger partial charge in [-0.15, -0.1) is 0 Å². The summed E-state index contributed by atoms with van der Waals surface area (Å²) < 4.78 is 12.6. The van der Waals surface area contributed by atoms with Crippen LogP contribution in [0.5, 0.6) is 0 Å². The Morgan fingerprint density at radius 1 is 0.783 bits per heavy atom. The molecule has 7 heteroatoms. The van der Waals surface area contributed by atoms with E-state index in [0.717, 1.165) is 12.8 Å². The van der Waals surface area contributed by atoms with Gasteiger partial charge in [0.1, 0.15) is 0 Å². The van der Waals surface area contributed by atoms with Crippen molar-refractivity contribution >= 4 is 45.4 Å². The van der Waals surface area contributed by atoms with Crippen molar-refractivity contribution < 1.29 is 19.1 Å². The fourth-order valence-electron chi connectivity index (χ4n) is 2.13. The monoisotopic (exact) mass is 472 g/mol. The summed E-state index contributed by atoms with van der Waals surface area (Å²) in [5.74, 6) is 0.631. The van der Waals surface area contributed by atoms with Crippen LogP contribution >= 0.6 is 17.9 Å². The van der Waals surface area contributed by atoms with Crippen molar-refractivity contribution in [2.45, 2.75) is 62.3 Å². The summed E-state index contributed by atoms with van der Waals surface area (Å²) >= 11 is -2.65. The van der Waals surface area contributed by atoms with E-state index in [0.29, 0.717) is 24.7 Å². The number of carbonyl (C=O) groups is 2. The first-order valence-electron chi connectivity index (χ1n) is 8.62. The summed E-state index contributed by atoms with van der Waals surface area (Å²) in [6.07, 6.45) is 4.69. The average molecular weight is 471 g/mol. The number of esters is 2. The van der Waals surface area contributed by atoms with Gasteiger partial charge in [0.15, 0.2) is 0 Å². The molecule has 0 aliphatic carbocycles. The van der Waals surface area contributed by atoms with Gasteiger partial charge in [0.2, 0.25) is 0 Å². The zero-order valence-electron chi connectivity index (χ0n) is 15.0. The van der Waals surface area contributed by atoms with Crippen molar-refractivity contribution in [1.29, 1.82) is 0 Å². The molecule has 0 saturated heterocycles. The van der Waals surface area contributed by atoms with E-state index < -0.39 is 15.6 Å². The molecule has 0 rings (SSSR count). The van der Waals surface area contributed by atoms with Gasteiger partial charge in [0.25, 0.3) is 0 Å². The third-order valence-electron chi connectivity index (χ3n) is 3.34. The van der Waals surface area contributed by atoms with Crippen LogP contribution in [-0.2, 0) is 19.1 Å². The molecule has 0 unspecified atom stereocenters. The first kappa shape index (κ1) is 23.4. The van der Waals surface area contributed by atoms with Crippen LogP contribution < -0.4 is 0 Å². The molecule has 0 aromatic rings. The van der Waals surface area contributed by atoms with E-state index in [1.807, 2.05) is 31.7 Å². The van der Waals surface area contributed by atoms with Gasteiger partial charge in [-0.2, -0.15) is 0 Å². The number of carbonyl (C=O) groups excluding carboxylic acids is 2. The second kappa shape index (κ2) is 14.8. The van der Waals surface area contributed by atoms with Gasteiger partial charge in [-0.25, -0.2) is 0 Å². The predicted octanol–water partition coefficient (Wildman–Crippen LogP) is 4.62. The topological polar surface area (TPSA) is 52.6 Å². The molecule has 0 fully saturated rings. The summed E-state index contributed by atoms with van der Waals surface area (Å²) in [7, 11) is 3.70. The SMILES string of the molecule is CCC[CH2][Sn]([CH2]CCC)([S]CC(=O)OCC)[S]CC(=O)OCC. The third-order valence-corrected chi connectivity index (χ3v) is 33.2. The zero-order chi connectivity index (χ0) is 17.6. The fourth-order valence-corrected chi connectivity index (χ4v) is 29.6. The Kier molecular flexibility index (Phi) is 15.0. The zero-order valence-corrected chi connectivity index (χ0v) is 19.5. The molecule has 0 radical (unpaired) electrons. The Hall–Kier alpha value is 0.439. The minimum atomic E-state index is -2.65. The van der Waals surface area contributed by atoms with Crippen molar-refractivity contribution in [3.05, 3.63) is 0 Å². The van der Waals surface area contributed by atoms with Crippen molar-refractivity contribution in [3.8, 4) is 0 Å². The van der Waals surface area contributed by atoms with Crippen LogP contribution in [0.3, 0.4) is 0 Å². The second-order valence-corrected chi connectivity index (χ2v) is 31.7. The Bertz CT molecular complexity index is 308. The molecule has 0 amide bonds. The van der Waals surface area contributed by atoms with E-state index in [2.05, 4.69) is 13.8 Å². The van der Waals surface area contributed by atoms with Gasteiger partial charge in [-0.1, -0.05) is 0 Å². The number of rotatable bonds is 14. The summed E-state index contributed by atoms with van der Waals surface area (Å²) in [6.45, 7) is 8.93. The maximum atomic E-state index is 11.8. The molecule has 0 aliphatic rings. The predicted molar refractivity (Wildman–Crippen MR) is 103 cm³/mol. The van der Waals surface area contributed by atoms with Crippen LogP contribution in [0, 0.1) is 0 Å². The number of unbranched alkanes of at least 4 members (excludes halogenated alkanes) is 2. The van der Waals surface area contributed by atoms with Crippen LogP contribution in [0.15, 0.2) is 0 Å². The molecule has 0 aromatic heterocycles.